The lowest BCUT2D eigenvalue weighted by molar-refractivity contribution is -0.0861. The van der Waals surface area contributed by atoms with Crippen molar-refractivity contribution in [1.29, 1.82) is 0 Å². The zero-order valence-electron chi connectivity index (χ0n) is 23.7. The number of hydrogen-bond donors (Lipinski definition) is 1. The van der Waals surface area contributed by atoms with Gasteiger partial charge in [0.2, 0.25) is 5.88 Å². The molecule has 0 amide bonds. The van der Waals surface area contributed by atoms with E-state index in [1.54, 1.807) is 38.9 Å². The summed E-state index contributed by atoms with van der Waals surface area (Å²) in [4.78, 5) is 17.1. The summed E-state index contributed by atoms with van der Waals surface area (Å²) in [7, 11) is 1.95. The minimum absolute atomic E-state index is 0.00166. The Kier molecular flexibility index (Phi) is 9.24. The van der Waals surface area contributed by atoms with Crippen molar-refractivity contribution >= 4 is 32.4 Å². The maximum Gasteiger partial charge on any atom is 0.298 e. The zero-order chi connectivity index (χ0) is 29.9. The third-order valence-electron chi connectivity index (χ3n) is 6.83. The molecule has 0 unspecified atom stereocenters. The molecule has 0 radical (unpaired) electrons. The van der Waals surface area contributed by atoms with Crippen molar-refractivity contribution in [3.63, 3.8) is 0 Å². The lowest BCUT2D eigenvalue weighted by Gasteiger charge is -2.29. The predicted octanol–water partition coefficient (Wildman–Crippen LogP) is 3.56. The quantitative estimate of drug-likeness (QED) is 0.330. The number of aromatic nitrogens is 3. The van der Waals surface area contributed by atoms with Crippen molar-refractivity contribution in [2.24, 2.45) is 0 Å². The summed E-state index contributed by atoms with van der Waals surface area (Å²) >= 11 is 0. The molecule has 1 atom stereocenters. The first-order valence-electron chi connectivity index (χ1n) is 13.2. The van der Waals surface area contributed by atoms with Gasteiger partial charge in [0.15, 0.2) is 15.5 Å². The number of pyridine rings is 1. The largest absolute Gasteiger partial charge is 0.479 e. The maximum atomic E-state index is 15.5. The Morgan fingerprint density at radius 1 is 1.17 bits per heavy atom. The summed E-state index contributed by atoms with van der Waals surface area (Å²) < 4.78 is 79.9. The number of ether oxygens (including phenoxy) is 2. The van der Waals surface area contributed by atoms with Gasteiger partial charge >= 0.3 is 0 Å². The van der Waals surface area contributed by atoms with E-state index in [0.29, 0.717) is 34.9 Å². The van der Waals surface area contributed by atoms with Gasteiger partial charge in [0.1, 0.15) is 29.8 Å². The van der Waals surface area contributed by atoms with Crippen molar-refractivity contribution in [2.45, 2.75) is 25.8 Å². The molecule has 0 spiro atoms. The van der Waals surface area contributed by atoms with Gasteiger partial charge in [-0.15, -0.1) is 0 Å². The van der Waals surface area contributed by atoms with Crippen LogP contribution in [0, 0.1) is 12.7 Å². The van der Waals surface area contributed by atoms with Gasteiger partial charge < -0.3 is 24.6 Å². The molecule has 1 aliphatic heterocycles. The van der Waals surface area contributed by atoms with Crippen LogP contribution in [-0.4, -0.2) is 93.8 Å². The standard InChI is InChI=1S/C27H35F3N6O4S/c1-17(19-7-6-8-21(23(19)28)27(29,30)16-40-12-9-35(3)4)31-24-20-15-22(36-10-13-41(37,38)14-11-36)26(39-5)34-25(20)33-18(2)32-24/h6-8,15,17H,9-14,16H2,1-5H3,(H,31,32,33,34)/t17-/m1/s1. The second-order valence-electron chi connectivity index (χ2n) is 10.3. The van der Waals surface area contributed by atoms with Gasteiger partial charge in [0.05, 0.1) is 42.2 Å². The number of fused-ring (bicyclic) bond motifs is 1. The molecule has 4 rings (SSSR count). The highest BCUT2D eigenvalue weighted by molar-refractivity contribution is 7.91. The molecule has 1 aliphatic rings. The third-order valence-corrected chi connectivity index (χ3v) is 8.44. The normalized spacial score (nSPS) is 16.3. The lowest BCUT2D eigenvalue weighted by Crippen LogP contribution is -2.40. The first-order valence-corrected chi connectivity index (χ1v) is 15.0. The lowest BCUT2D eigenvalue weighted by atomic mass is 10.00. The highest BCUT2D eigenvalue weighted by Crippen LogP contribution is 2.36. The molecule has 0 aliphatic carbocycles. The second-order valence-corrected chi connectivity index (χ2v) is 12.6. The number of anilines is 2. The number of halogens is 3. The van der Waals surface area contributed by atoms with Crippen LogP contribution >= 0.6 is 0 Å². The van der Waals surface area contributed by atoms with Gasteiger partial charge in [0.25, 0.3) is 5.92 Å². The third kappa shape index (κ3) is 7.16. The van der Waals surface area contributed by atoms with Crippen molar-refractivity contribution in [1.82, 2.24) is 19.9 Å². The van der Waals surface area contributed by atoms with Crippen molar-refractivity contribution in [2.75, 3.05) is 75.8 Å². The SMILES string of the molecule is COc1nc2nc(C)nc(N[C@H](C)c3cccc(C(F)(F)COCCN(C)C)c3F)c2cc1N1CCS(=O)(=O)CC1. The van der Waals surface area contributed by atoms with E-state index in [4.69, 9.17) is 9.47 Å². The Labute approximate surface area is 237 Å². The molecule has 41 heavy (non-hydrogen) atoms. The first-order chi connectivity index (χ1) is 19.3. The van der Waals surface area contributed by atoms with Crippen molar-refractivity contribution in [3.05, 3.63) is 47.0 Å². The van der Waals surface area contributed by atoms with Crippen LogP contribution in [0.5, 0.6) is 5.88 Å². The molecule has 224 valence electrons. The molecule has 3 aromatic rings. The van der Waals surface area contributed by atoms with Crippen molar-refractivity contribution in [3.8, 4) is 5.88 Å². The summed E-state index contributed by atoms with van der Waals surface area (Å²) in [5, 5.41) is 3.63. The smallest absolute Gasteiger partial charge is 0.298 e. The highest BCUT2D eigenvalue weighted by atomic mass is 32.2. The van der Waals surface area contributed by atoms with Crippen LogP contribution in [0.1, 0.15) is 29.9 Å². The van der Waals surface area contributed by atoms with Crippen LogP contribution in [0.2, 0.25) is 0 Å². The minimum Gasteiger partial charge on any atom is -0.479 e. The topological polar surface area (TPSA) is 110 Å². The van der Waals surface area contributed by atoms with E-state index in [2.05, 4.69) is 20.3 Å². The fourth-order valence-corrected chi connectivity index (χ4v) is 5.75. The zero-order valence-corrected chi connectivity index (χ0v) is 24.6. The van der Waals surface area contributed by atoms with Crippen LogP contribution in [-0.2, 0) is 20.5 Å². The second kappa shape index (κ2) is 12.3. The van der Waals surface area contributed by atoms with Gasteiger partial charge in [-0.2, -0.15) is 13.8 Å². The number of nitrogens with zero attached hydrogens (tertiary/aromatic N) is 5. The Hall–Kier alpha value is -3.23. The molecule has 0 saturated carbocycles. The van der Waals surface area contributed by atoms with E-state index in [1.165, 1.54) is 19.2 Å². The van der Waals surface area contributed by atoms with Crippen LogP contribution in [0.4, 0.5) is 24.7 Å². The Bertz CT molecular complexity index is 1490. The average molecular weight is 597 g/mol. The molecule has 14 heteroatoms. The molecule has 1 fully saturated rings. The molecule has 1 N–H and O–H groups in total. The van der Waals surface area contributed by atoms with Crippen LogP contribution in [0.3, 0.4) is 0 Å². The number of nitrogens with one attached hydrogen (secondary N) is 1. The van der Waals surface area contributed by atoms with Gasteiger partial charge in [0, 0.05) is 25.2 Å². The van der Waals surface area contributed by atoms with E-state index in [9.17, 15) is 17.2 Å². The van der Waals surface area contributed by atoms with E-state index in [0.717, 1.165) is 6.07 Å². The van der Waals surface area contributed by atoms with Gasteiger partial charge in [-0.25, -0.2) is 22.8 Å². The summed E-state index contributed by atoms with van der Waals surface area (Å²) in [6, 6.07) is 4.88. The van der Waals surface area contributed by atoms with Gasteiger partial charge in [-0.3, -0.25) is 0 Å². The van der Waals surface area contributed by atoms with Crippen LogP contribution in [0.15, 0.2) is 24.3 Å². The Morgan fingerprint density at radius 3 is 2.54 bits per heavy atom. The summed E-state index contributed by atoms with van der Waals surface area (Å²) in [5.74, 6) is -3.56. The number of hydrogen-bond acceptors (Lipinski definition) is 10. The molecular formula is C27H35F3N6O4S. The Morgan fingerprint density at radius 2 is 1.88 bits per heavy atom. The fraction of sp³-hybridized carbons (Fsp3) is 0.519. The summed E-state index contributed by atoms with van der Waals surface area (Å²) in [6.45, 7) is 3.47. The molecule has 0 bridgehead atoms. The number of sulfone groups is 1. The summed E-state index contributed by atoms with van der Waals surface area (Å²) in [5.41, 5.74) is 0.169. The number of rotatable bonds is 11. The van der Waals surface area contributed by atoms with Crippen LogP contribution in [0.25, 0.3) is 11.0 Å². The van der Waals surface area contributed by atoms with Gasteiger partial charge in [-0.1, -0.05) is 12.1 Å². The number of benzene rings is 1. The van der Waals surface area contributed by atoms with E-state index < -0.39 is 39.8 Å². The first kappa shape index (κ1) is 30.7. The summed E-state index contributed by atoms with van der Waals surface area (Å²) in [6.07, 6.45) is 0. The minimum atomic E-state index is -3.53. The molecule has 1 aromatic carbocycles. The number of methoxy groups -OCH3 is 1. The van der Waals surface area contributed by atoms with Crippen molar-refractivity contribution < 1.29 is 31.1 Å². The molecule has 1 saturated heterocycles. The highest BCUT2D eigenvalue weighted by Gasteiger charge is 2.36. The van der Waals surface area contributed by atoms with E-state index >= 15 is 4.39 Å². The van der Waals surface area contributed by atoms with E-state index in [-0.39, 0.29) is 42.6 Å². The van der Waals surface area contributed by atoms with E-state index in [1.807, 2.05) is 4.90 Å². The van der Waals surface area contributed by atoms with Crippen LogP contribution < -0.4 is 15.0 Å². The van der Waals surface area contributed by atoms with Gasteiger partial charge in [-0.05, 0) is 40.1 Å². The molecule has 2 aromatic heterocycles. The number of aryl methyl sites for hydroxylation is 1. The Balaban J connectivity index is 1.64. The molecule has 10 nitrogen and oxygen atoms in total. The molecule has 3 heterocycles. The monoisotopic (exact) mass is 596 g/mol. The number of likely N-dealkylation sites (N-methyl/N-ethyl adjacent to an activating group) is 1. The number of alkyl halides is 2. The maximum absolute atomic E-state index is 15.5. The average Bonchev–Trinajstić information content (AvgIpc) is 2.90. The fourth-order valence-electron chi connectivity index (χ4n) is 4.55. The predicted molar refractivity (Wildman–Crippen MR) is 151 cm³/mol. The molecular weight excluding hydrogens is 561 g/mol.